The molecule has 0 spiro atoms. The minimum Gasteiger partial charge on any atom is -0.387 e. The first-order valence-electron chi connectivity index (χ1n) is 12.5. The Kier molecular flexibility index (Phi) is 11.5. The van der Waals surface area contributed by atoms with Gasteiger partial charge >= 0.3 is 7.82 Å². The smallest absolute Gasteiger partial charge is 0.387 e. The van der Waals surface area contributed by atoms with Gasteiger partial charge in [0.2, 0.25) is 0 Å². The average molecular weight is 601 g/mol. The number of hydrogen-bond donors (Lipinski definition) is 4. The van der Waals surface area contributed by atoms with E-state index in [0.717, 1.165) is 5.56 Å². The van der Waals surface area contributed by atoms with Gasteiger partial charge in [-0.15, -0.1) is 0 Å². The van der Waals surface area contributed by atoms with Crippen molar-refractivity contribution >= 4 is 36.4 Å². The lowest BCUT2D eigenvalue weighted by atomic mass is 10.1. The summed E-state index contributed by atoms with van der Waals surface area (Å²) in [5, 5.41) is 31.9. The topological polar surface area (TPSA) is 206 Å². The summed E-state index contributed by atoms with van der Waals surface area (Å²) >= 11 is 1.33. The number of benzene rings is 1. The lowest BCUT2D eigenvalue weighted by Crippen LogP contribution is -2.33. The standard InChI is InChI=1S/C17H18N5O9PS.C6H15N/c23-13-11(5-30-32(27,28)29)31-17(14(13)24)21-8-20-12-15(21)18-7-19-16(12)33-6-9-1-3-10(4-2-9)22(25)26;1-4-7(5-2)6-3/h1-4,7-8,11,13-14,17,23-24H,5-6H2,(H2,27,28,29);4-6H2,1-3H3. The van der Waals surface area contributed by atoms with E-state index in [2.05, 4.69) is 45.1 Å². The van der Waals surface area contributed by atoms with E-state index in [0.29, 0.717) is 21.9 Å². The summed E-state index contributed by atoms with van der Waals surface area (Å²) in [7, 11) is -4.78. The van der Waals surface area contributed by atoms with Gasteiger partial charge in [0.1, 0.15) is 35.2 Å². The number of nitro benzene ring substituents is 1. The second kappa shape index (κ2) is 14.4. The van der Waals surface area contributed by atoms with Crippen LogP contribution in [-0.4, -0.2) is 93.9 Å². The molecule has 17 heteroatoms. The third-order valence-electron chi connectivity index (χ3n) is 6.21. The van der Waals surface area contributed by atoms with Crippen LogP contribution in [0.4, 0.5) is 5.69 Å². The number of nitro groups is 1. The number of aliphatic hydroxyl groups is 2. The molecule has 0 amide bonds. The molecule has 2 aromatic heterocycles. The van der Waals surface area contributed by atoms with Crippen LogP contribution in [0.15, 0.2) is 41.9 Å². The second-order valence-electron chi connectivity index (χ2n) is 8.67. The molecule has 220 valence electrons. The van der Waals surface area contributed by atoms with E-state index < -0.39 is 43.9 Å². The molecule has 1 aromatic carbocycles. The molecule has 15 nitrogen and oxygen atoms in total. The summed E-state index contributed by atoms with van der Waals surface area (Å²) < 4.78 is 22.2. The summed E-state index contributed by atoms with van der Waals surface area (Å²) in [5.41, 5.74) is 1.55. The molecule has 3 aromatic rings. The van der Waals surface area contributed by atoms with Crippen molar-refractivity contribution in [3.63, 3.8) is 0 Å². The third-order valence-corrected chi connectivity index (χ3v) is 7.74. The van der Waals surface area contributed by atoms with Gasteiger partial charge in [-0.3, -0.25) is 19.2 Å². The number of aliphatic hydroxyl groups excluding tert-OH is 2. The largest absolute Gasteiger partial charge is 0.469 e. The van der Waals surface area contributed by atoms with Gasteiger partial charge < -0.3 is 29.6 Å². The lowest BCUT2D eigenvalue weighted by Gasteiger charge is -2.16. The van der Waals surface area contributed by atoms with E-state index in [1.807, 2.05) is 0 Å². The molecule has 0 bridgehead atoms. The van der Waals surface area contributed by atoms with E-state index in [4.69, 9.17) is 14.5 Å². The Morgan fingerprint density at radius 3 is 2.30 bits per heavy atom. The van der Waals surface area contributed by atoms with Gasteiger partial charge in [0.05, 0.1) is 17.9 Å². The van der Waals surface area contributed by atoms with Crippen LogP contribution in [0, 0.1) is 10.1 Å². The van der Waals surface area contributed by atoms with E-state index in [9.17, 15) is 24.9 Å². The van der Waals surface area contributed by atoms with Crippen LogP contribution >= 0.6 is 19.6 Å². The maximum absolute atomic E-state index is 10.9. The Morgan fingerprint density at radius 2 is 1.75 bits per heavy atom. The molecular formula is C23H33N6O9PS. The first-order chi connectivity index (χ1) is 19.0. The molecule has 1 aliphatic heterocycles. The molecule has 4 N–H and O–H groups in total. The SMILES string of the molecule is CCN(CC)CC.O=[N+]([O-])c1ccc(CSc2ncnc3c2ncn3C2OC(COP(=O)(O)O)C(O)C2O)cc1. The summed E-state index contributed by atoms with van der Waals surface area (Å²) in [6.07, 6.45) is -2.56. The molecule has 4 atom stereocenters. The number of fused-ring (bicyclic) bond motifs is 1. The normalized spacial score (nSPS) is 21.0. The zero-order valence-electron chi connectivity index (χ0n) is 22.2. The predicted molar refractivity (Wildman–Crippen MR) is 145 cm³/mol. The molecule has 3 heterocycles. The number of phosphoric ester groups is 1. The van der Waals surface area contributed by atoms with Gasteiger partial charge in [0.25, 0.3) is 5.69 Å². The molecule has 4 unspecified atom stereocenters. The molecule has 40 heavy (non-hydrogen) atoms. The Bertz CT molecular complexity index is 1300. The van der Waals surface area contributed by atoms with Crippen molar-refractivity contribution in [1.29, 1.82) is 0 Å². The number of thioether (sulfide) groups is 1. The van der Waals surface area contributed by atoms with Crippen molar-refractivity contribution in [2.24, 2.45) is 0 Å². The van der Waals surface area contributed by atoms with E-state index in [1.165, 1.54) is 60.8 Å². The van der Waals surface area contributed by atoms with Gasteiger partial charge in [-0.05, 0) is 25.2 Å². The summed E-state index contributed by atoms with van der Waals surface area (Å²) in [5.74, 6) is 0.458. The van der Waals surface area contributed by atoms with Crippen LogP contribution in [0.25, 0.3) is 11.2 Å². The quantitative estimate of drug-likeness (QED) is 0.0818. The molecule has 4 rings (SSSR count). The molecular weight excluding hydrogens is 567 g/mol. The van der Waals surface area contributed by atoms with Crippen molar-refractivity contribution < 1.29 is 38.7 Å². The Hall–Kier alpha value is -2.53. The number of aromatic nitrogens is 4. The number of ether oxygens (including phenoxy) is 1. The molecule has 0 saturated carbocycles. The Morgan fingerprint density at radius 1 is 1.10 bits per heavy atom. The van der Waals surface area contributed by atoms with Crippen molar-refractivity contribution in [2.45, 2.75) is 56.1 Å². The minimum atomic E-state index is -4.78. The summed E-state index contributed by atoms with van der Waals surface area (Å²) in [6, 6.07) is 6.12. The molecule has 0 aliphatic carbocycles. The monoisotopic (exact) mass is 600 g/mol. The van der Waals surface area contributed by atoms with E-state index in [1.54, 1.807) is 12.1 Å². The predicted octanol–water partition coefficient (Wildman–Crippen LogP) is 2.10. The average Bonchev–Trinajstić information content (AvgIpc) is 3.48. The van der Waals surface area contributed by atoms with Crippen molar-refractivity contribution in [1.82, 2.24) is 24.4 Å². The van der Waals surface area contributed by atoms with Gasteiger partial charge in [-0.25, -0.2) is 19.5 Å². The van der Waals surface area contributed by atoms with Gasteiger partial charge in [-0.1, -0.05) is 44.7 Å². The third kappa shape index (κ3) is 8.25. The van der Waals surface area contributed by atoms with Crippen LogP contribution in [0.5, 0.6) is 0 Å². The number of nitrogens with zero attached hydrogens (tertiary/aromatic N) is 6. The Balaban J connectivity index is 0.000000559. The Labute approximate surface area is 234 Å². The fourth-order valence-corrected chi connectivity index (χ4v) is 5.17. The summed E-state index contributed by atoms with van der Waals surface area (Å²) in [4.78, 5) is 43.1. The highest BCUT2D eigenvalue weighted by Crippen LogP contribution is 2.39. The van der Waals surface area contributed by atoms with E-state index in [-0.39, 0.29) is 5.69 Å². The molecule has 1 saturated heterocycles. The number of imidazole rings is 1. The van der Waals surface area contributed by atoms with Crippen molar-refractivity contribution in [3.8, 4) is 0 Å². The summed E-state index contributed by atoms with van der Waals surface area (Å²) in [6.45, 7) is 9.50. The van der Waals surface area contributed by atoms with Gasteiger partial charge in [0.15, 0.2) is 11.9 Å². The van der Waals surface area contributed by atoms with Crippen LogP contribution in [0.3, 0.4) is 0 Å². The van der Waals surface area contributed by atoms with Crippen molar-refractivity contribution in [3.05, 3.63) is 52.6 Å². The number of non-ortho nitro benzene ring substituents is 1. The van der Waals surface area contributed by atoms with E-state index >= 15 is 0 Å². The number of hydrogen-bond acceptors (Lipinski definition) is 12. The minimum absolute atomic E-state index is 0.00581. The van der Waals surface area contributed by atoms with Crippen LogP contribution in [-0.2, 0) is 19.6 Å². The lowest BCUT2D eigenvalue weighted by molar-refractivity contribution is -0.384. The maximum atomic E-state index is 10.9. The highest BCUT2D eigenvalue weighted by Gasteiger charge is 2.45. The first kappa shape index (κ1) is 32.0. The fraction of sp³-hybridized carbons (Fsp3) is 0.522. The van der Waals surface area contributed by atoms with Crippen molar-refractivity contribution in [2.75, 3.05) is 26.2 Å². The molecule has 1 aliphatic rings. The zero-order valence-corrected chi connectivity index (χ0v) is 23.9. The number of phosphoric acid groups is 1. The second-order valence-corrected chi connectivity index (χ2v) is 10.9. The fourth-order valence-electron chi connectivity index (χ4n) is 3.93. The zero-order chi connectivity index (χ0) is 29.4. The maximum Gasteiger partial charge on any atom is 0.469 e. The molecule has 1 fully saturated rings. The van der Waals surface area contributed by atoms with Gasteiger partial charge in [0, 0.05) is 17.9 Å². The van der Waals surface area contributed by atoms with Crippen LogP contribution in [0.1, 0.15) is 32.6 Å². The van der Waals surface area contributed by atoms with Crippen LogP contribution in [0.2, 0.25) is 0 Å². The highest BCUT2D eigenvalue weighted by atomic mass is 32.2. The number of rotatable bonds is 11. The highest BCUT2D eigenvalue weighted by molar-refractivity contribution is 7.98. The molecule has 0 radical (unpaired) electrons. The van der Waals surface area contributed by atoms with Crippen LogP contribution < -0.4 is 0 Å². The van der Waals surface area contributed by atoms with Gasteiger partial charge in [-0.2, -0.15) is 0 Å². The first-order valence-corrected chi connectivity index (χ1v) is 15.0.